The van der Waals surface area contributed by atoms with Gasteiger partial charge in [-0.15, -0.1) is 0 Å². The lowest BCUT2D eigenvalue weighted by Crippen LogP contribution is -2.96. The van der Waals surface area contributed by atoms with Crippen molar-refractivity contribution >= 4 is 39.4 Å². The minimum absolute atomic E-state index is 0.0511. The first-order chi connectivity index (χ1) is 23.1. The summed E-state index contributed by atoms with van der Waals surface area (Å²) >= 11 is 0. The number of amides is 1. The second-order valence-corrected chi connectivity index (χ2v) is 18.4. The van der Waals surface area contributed by atoms with Crippen LogP contribution in [0, 0.1) is 35.5 Å². The van der Waals surface area contributed by atoms with Crippen molar-refractivity contribution in [2.75, 3.05) is 38.2 Å². The van der Waals surface area contributed by atoms with E-state index in [2.05, 4.69) is 35.6 Å². The van der Waals surface area contributed by atoms with Crippen LogP contribution >= 0.6 is 21.6 Å². The smallest absolute Gasteiger partial charge is 0.334 e. The number of hydrogen-bond donors (Lipinski definition) is 3. The van der Waals surface area contributed by atoms with Crippen molar-refractivity contribution in [1.29, 1.82) is 0 Å². The quantitative estimate of drug-likeness (QED) is 0.173. The molecule has 1 saturated carbocycles. The van der Waals surface area contributed by atoms with E-state index in [0.717, 1.165) is 56.8 Å². The normalized spacial score (nSPS) is 44.7. The molecule has 7 rings (SSSR count). The van der Waals surface area contributed by atoms with Gasteiger partial charge < -0.3 is 29.7 Å². The molecule has 0 radical (unpaired) electrons. The average Bonchev–Trinajstić information content (AvgIpc) is 3.42. The minimum Gasteiger partial charge on any atom is -0.462 e. The predicted molar refractivity (Wildman–Crippen MR) is 185 cm³/mol. The van der Waals surface area contributed by atoms with Crippen LogP contribution in [-0.2, 0) is 28.6 Å². The maximum Gasteiger partial charge on any atom is 0.334 e. The van der Waals surface area contributed by atoms with Crippen LogP contribution in [0.15, 0.2) is 23.3 Å². The molecule has 0 bridgehead atoms. The van der Waals surface area contributed by atoms with Crippen molar-refractivity contribution in [1.82, 2.24) is 4.90 Å². The first-order valence-electron chi connectivity index (χ1n) is 18.4. The van der Waals surface area contributed by atoms with Gasteiger partial charge in [-0.05, 0) is 57.8 Å². The number of nitrogens with zero attached hydrogens (tertiary/aromatic N) is 1. The highest BCUT2D eigenvalue weighted by Gasteiger charge is 2.68. The van der Waals surface area contributed by atoms with Crippen molar-refractivity contribution in [2.45, 2.75) is 108 Å². The van der Waals surface area contributed by atoms with E-state index in [-0.39, 0.29) is 65.9 Å². The predicted octanol–water partition coefficient (Wildman–Crippen LogP) is 1.75. The molecule has 5 heterocycles. The van der Waals surface area contributed by atoms with Gasteiger partial charge in [-0.25, -0.2) is 4.79 Å². The molecule has 6 N–H and O–H groups in total. The van der Waals surface area contributed by atoms with Crippen LogP contribution in [0.25, 0.3) is 0 Å². The summed E-state index contributed by atoms with van der Waals surface area (Å²) in [7, 11) is 5.89. The van der Waals surface area contributed by atoms with E-state index in [1.54, 1.807) is 0 Å². The number of piperidine rings is 1. The number of ether oxygens (including phenoxy) is 3. The molecular formula is C36H56N4O6S2+2. The molecule has 0 aromatic carbocycles. The van der Waals surface area contributed by atoms with Gasteiger partial charge in [-0.3, -0.25) is 15.3 Å². The van der Waals surface area contributed by atoms with Crippen LogP contribution in [0.4, 0.5) is 0 Å². The number of carbonyl (C=O) groups excluding carboxylic acids is 3. The Kier molecular flexibility index (Phi) is 10.1. The van der Waals surface area contributed by atoms with Crippen LogP contribution in [-0.4, -0.2) is 96.6 Å². The van der Waals surface area contributed by atoms with E-state index in [1.165, 1.54) is 5.57 Å². The minimum atomic E-state index is -0.914. The molecule has 6 fully saturated rings. The number of fused-ring (bicyclic) bond motifs is 7. The Morgan fingerprint density at radius 1 is 1.21 bits per heavy atom. The lowest BCUT2D eigenvalue weighted by molar-refractivity contribution is -0.706. The summed E-state index contributed by atoms with van der Waals surface area (Å²) in [6, 6.07) is 0.290. The van der Waals surface area contributed by atoms with Crippen molar-refractivity contribution in [3.8, 4) is 0 Å². The molecule has 12 heteroatoms. The monoisotopic (exact) mass is 704 g/mol. The molecule has 0 aromatic heterocycles. The molecule has 5 aliphatic heterocycles. The Morgan fingerprint density at radius 3 is 2.83 bits per heavy atom. The second kappa shape index (κ2) is 13.9. The van der Waals surface area contributed by atoms with Gasteiger partial charge >= 0.3 is 11.9 Å². The molecule has 2 aliphatic carbocycles. The highest BCUT2D eigenvalue weighted by molar-refractivity contribution is 8.76. The summed E-state index contributed by atoms with van der Waals surface area (Å²) in [4.78, 5) is 42.2. The molecule has 5 saturated heterocycles. The summed E-state index contributed by atoms with van der Waals surface area (Å²) in [6.07, 6.45) is 9.50. The Labute approximate surface area is 293 Å². The SMILES string of the molecule is CC=C(C)C(=O)OC1(C)CC=C2CSSCC3C(C[NH2+]C)CN3C(=O)CC3C[NH2+]C(N)CC3C2C12CC1CC3CCC(=O)OC3CC1O2. The van der Waals surface area contributed by atoms with E-state index < -0.39 is 11.2 Å². The summed E-state index contributed by atoms with van der Waals surface area (Å²) < 4.78 is 20.1. The third kappa shape index (κ3) is 6.18. The van der Waals surface area contributed by atoms with E-state index >= 15 is 0 Å². The first kappa shape index (κ1) is 34.9. The van der Waals surface area contributed by atoms with Crippen molar-refractivity contribution in [3.63, 3.8) is 0 Å². The van der Waals surface area contributed by atoms with Gasteiger partial charge in [-0.2, -0.15) is 0 Å². The largest absolute Gasteiger partial charge is 0.462 e. The lowest BCUT2D eigenvalue weighted by Gasteiger charge is -2.56. The summed E-state index contributed by atoms with van der Waals surface area (Å²) in [5, 5.41) is 4.46. The van der Waals surface area contributed by atoms with Gasteiger partial charge in [-0.1, -0.05) is 39.3 Å². The summed E-state index contributed by atoms with van der Waals surface area (Å²) in [5.74, 6) is 2.98. The molecule has 0 aromatic rings. The van der Waals surface area contributed by atoms with Crippen LogP contribution in [0.3, 0.4) is 0 Å². The fourth-order valence-electron chi connectivity index (χ4n) is 10.5. The molecule has 1 amide bonds. The zero-order valence-electron chi connectivity index (χ0n) is 29.1. The fraction of sp³-hybridized carbons (Fsp3) is 0.806. The topological polar surface area (TPSA) is 141 Å². The van der Waals surface area contributed by atoms with Crippen LogP contribution in [0.1, 0.15) is 72.1 Å². The molecule has 10 nitrogen and oxygen atoms in total. The highest BCUT2D eigenvalue weighted by Crippen LogP contribution is 2.61. The average molecular weight is 705 g/mol. The maximum atomic E-state index is 14.1. The standard InChI is InChI=1S/C36H54N4O6S2/c1-5-20(2)34(43)46-35(3)9-8-22-18-47-48-19-27-25(15-38-4)17-40(27)31(41)11-24-16-39-30(37)12-26(24)33(22)36(35)14-23-10-21-6-7-32(42)44-28(21)13-29(23)45-36/h5,8,21,23-30,33,38-39H,6-7,9-19,37H2,1-4H3/p+2. The number of hydrogen-bond acceptors (Lipinski definition) is 9. The fourth-order valence-corrected chi connectivity index (χ4v) is 13.0. The molecule has 48 heavy (non-hydrogen) atoms. The van der Waals surface area contributed by atoms with Crippen LogP contribution < -0.4 is 16.4 Å². The van der Waals surface area contributed by atoms with E-state index in [0.29, 0.717) is 43.1 Å². The Balaban J connectivity index is 1.28. The van der Waals surface area contributed by atoms with Crippen molar-refractivity contribution in [3.05, 3.63) is 23.3 Å². The maximum absolute atomic E-state index is 14.1. The van der Waals surface area contributed by atoms with Crippen molar-refractivity contribution < 1.29 is 39.2 Å². The van der Waals surface area contributed by atoms with Gasteiger partial charge in [0, 0.05) is 73.5 Å². The van der Waals surface area contributed by atoms with Gasteiger partial charge in [0.25, 0.3) is 0 Å². The summed E-state index contributed by atoms with van der Waals surface area (Å²) in [6.45, 7) is 8.46. The molecule has 1 spiro atoms. The van der Waals surface area contributed by atoms with Gasteiger partial charge in [0.1, 0.15) is 23.5 Å². The third-order valence-corrected chi connectivity index (χ3v) is 15.6. The van der Waals surface area contributed by atoms with Crippen LogP contribution in [0.5, 0.6) is 0 Å². The van der Waals surface area contributed by atoms with Gasteiger partial charge in [0.2, 0.25) is 5.91 Å². The number of nitrogens with two attached hydrogens (primary N) is 3. The first-order valence-corrected chi connectivity index (χ1v) is 20.9. The van der Waals surface area contributed by atoms with Crippen LogP contribution in [0.2, 0.25) is 0 Å². The third-order valence-electron chi connectivity index (χ3n) is 13.2. The van der Waals surface area contributed by atoms with Gasteiger partial charge in [0.05, 0.1) is 32.3 Å². The Hall–Kier alpha value is -1.57. The Bertz CT molecular complexity index is 1350. The van der Waals surface area contributed by atoms with Crippen molar-refractivity contribution in [2.24, 2.45) is 41.2 Å². The zero-order valence-corrected chi connectivity index (χ0v) is 30.7. The molecular weight excluding hydrogens is 649 g/mol. The number of esters is 2. The van der Waals surface area contributed by atoms with E-state index in [9.17, 15) is 14.4 Å². The number of rotatable bonds is 4. The number of allylic oxidation sites excluding steroid dienone is 1. The van der Waals surface area contributed by atoms with Gasteiger partial charge in [0.15, 0.2) is 0 Å². The molecule has 266 valence electrons. The number of quaternary nitrogens is 2. The molecule has 7 aliphatic rings. The zero-order chi connectivity index (χ0) is 33.8. The summed E-state index contributed by atoms with van der Waals surface area (Å²) in [5.41, 5.74) is 7.00. The van der Waals surface area contributed by atoms with E-state index in [4.69, 9.17) is 19.9 Å². The van der Waals surface area contributed by atoms with E-state index in [1.807, 2.05) is 41.5 Å². The number of carbonyl (C=O) groups is 3. The Morgan fingerprint density at radius 2 is 2.04 bits per heavy atom. The lowest BCUT2D eigenvalue weighted by atomic mass is 9.56. The highest BCUT2D eigenvalue weighted by atomic mass is 33.1. The molecule has 12 unspecified atom stereocenters. The molecule has 12 atom stereocenters. The second-order valence-electron chi connectivity index (χ2n) is 15.9.